The second kappa shape index (κ2) is 4.82. The van der Waals surface area contributed by atoms with Crippen LogP contribution in [0.1, 0.15) is 23.4 Å². The third kappa shape index (κ3) is 3.23. The molecule has 0 fully saturated rings. The molecule has 0 bridgehead atoms. The van der Waals surface area contributed by atoms with Gasteiger partial charge < -0.3 is 5.11 Å². The minimum absolute atomic E-state index is 0.0208. The van der Waals surface area contributed by atoms with E-state index in [-0.39, 0.29) is 5.38 Å². The van der Waals surface area contributed by atoms with Crippen molar-refractivity contribution in [1.29, 1.82) is 0 Å². The molecule has 1 N–H and O–H groups in total. The zero-order valence-electron chi connectivity index (χ0n) is 7.77. The Balaban J connectivity index is 2.78. The Labute approximate surface area is 87.8 Å². The average molecular weight is 211 g/mol. The molecule has 1 aromatic rings. The minimum atomic E-state index is -0.945. The second-order valence-electron chi connectivity index (χ2n) is 2.95. The summed E-state index contributed by atoms with van der Waals surface area (Å²) >= 11 is 5.87. The molecule has 0 saturated carbocycles. The lowest BCUT2D eigenvalue weighted by atomic mass is 10.1. The van der Waals surface area contributed by atoms with Gasteiger partial charge in [0, 0.05) is 6.08 Å². The van der Waals surface area contributed by atoms with Crippen LogP contribution in [0, 0.1) is 0 Å². The molecular weight excluding hydrogens is 200 g/mol. The van der Waals surface area contributed by atoms with Gasteiger partial charge in [-0.2, -0.15) is 0 Å². The molecule has 1 rings (SSSR count). The summed E-state index contributed by atoms with van der Waals surface area (Å²) in [4.78, 5) is 10.2. The minimum Gasteiger partial charge on any atom is -0.478 e. The Hall–Kier alpha value is -1.28. The Kier molecular flexibility index (Phi) is 3.72. The third-order valence-corrected chi connectivity index (χ3v) is 2.07. The van der Waals surface area contributed by atoms with E-state index >= 15 is 0 Å². The van der Waals surface area contributed by atoms with Crippen LogP contribution in [0.15, 0.2) is 30.3 Å². The van der Waals surface area contributed by atoms with Gasteiger partial charge in [-0.25, -0.2) is 4.79 Å². The smallest absolute Gasteiger partial charge is 0.328 e. The summed E-state index contributed by atoms with van der Waals surface area (Å²) in [6.45, 7) is 1.89. The lowest BCUT2D eigenvalue weighted by Gasteiger charge is -2.02. The number of hydrogen-bond donors (Lipinski definition) is 1. The number of halogens is 1. The lowest BCUT2D eigenvalue weighted by molar-refractivity contribution is -0.131. The summed E-state index contributed by atoms with van der Waals surface area (Å²) in [6, 6.07) is 7.46. The third-order valence-electron chi connectivity index (χ3n) is 1.81. The molecule has 0 amide bonds. The summed E-state index contributed by atoms with van der Waals surface area (Å²) in [5.41, 5.74) is 1.88. The molecule has 0 aromatic heterocycles. The van der Waals surface area contributed by atoms with E-state index in [0.29, 0.717) is 0 Å². The first-order valence-corrected chi connectivity index (χ1v) is 4.68. The molecule has 1 atom stereocenters. The number of carboxylic acid groups (broad SMARTS) is 1. The molecule has 74 valence electrons. The topological polar surface area (TPSA) is 37.3 Å². The number of carbonyl (C=O) groups is 1. The average Bonchev–Trinajstić information content (AvgIpc) is 2.15. The van der Waals surface area contributed by atoms with Gasteiger partial charge >= 0.3 is 5.97 Å². The fourth-order valence-electron chi connectivity index (χ4n) is 1.04. The highest BCUT2D eigenvalue weighted by Gasteiger charge is 1.99. The Morgan fingerprint density at radius 1 is 1.43 bits per heavy atom. The molecule has 1 aromatic carbocycles. The van der Waals surface area contributed by atoms with Gasteiger partial charge in [-0.1, -0.05) is 24.3 Å². The van der Waals surface area contributed by atoms with Crippen LogP contribution in [0.2, 0.25) is 0 Å². The van der Waals surface area contributed by atoms with Gasteiger partial charge in [-0.15, -0.1) is 11.6 Å². The fraction of sp³-hybridized carbons (Fsp3) is 0.182. The van der Waals surface area contributed by atoms with Crippen LogP contribution in [0.3, 0.4) is 0 Å². The zero-order valence-corrected chi connectivity index (χ0v) is 8.53. The fourth-order valence-corrected chi connectivity index (χ4v) is 1.19. The van der Waals surface area contributed by atoms with Gasteiger partial charge in [-0.05, 0) is 24.1 Å². The molecule has 0 aliphatic rings. The summed E-state index contributed by atoms with van der Waals surface area (Å²) in [6.07, 6.45) is 2.66. The maximum Gasteiger partial charge on any atom is 0.328 e. The Morgan fingerprint density at radius 3 is 2.43 bits per heavy atom. The number of hydrogen-bond acceptors (Lipinski definition) is 1. The van der Waals surface area contributed by atoms with Crippen molar-refractivity contribution in [3.8, 4) is 0 Å². The number of alkyl halides is 1. The van der Waals surface area contributed by atoms with Crippen LogP contribution in [0.25, 0.3) is 6.08 Å². The summed E-state index contributed by atoms with van der Waals surface area (Å²) < 4.78 is 0. The van der Waals surface area contributed by atoms with Gasteiger partial charge in [0.25, 0.3) is 0 Å². The van der Waals surface area contributed by atoms with E-state index in [2.05, 4.69) is 0 Å². The normalized spacial score (nSPS) is 13.0. The van der Waals surface area contributed by atoms with Gasteiger partial charge in [0.2, 0.25) is 0 Å². The van der Waals surface area contributed by atoms with Crippen molar-refractivity contribution >= 4 is 23.6 Å². The molecule has 2 nitrogen and oxygen atoms in total. The van der Waals surface area contributed by atoms with Crippen molar-refractivity contribution in [2.45, 2.75) is 12.3 Å². The van der Waals surface area contributed by atoms with E-state index < -0.39 is 5.97 Å². The van der Waals surface area contributed by atoms with Crippen LogP contribution < -0.4 is 0 Å². The molecule has 0 aliphatic carbocycles. The molecule has 3 heteroatoms. The summed E-state index contributed by atoms with van der Waals surface area (Å²) in [7, 11) is 0. The molecule has 14 heavy (non-hydrogen) atoms. The maximum atomic E-state index is 10.2. The van der Waals surface area contributed by atoms with E-state index in [0.717, 1.165) is 17.2 Å². The van der Waals surface area contributed by atoms with Gasteiger partial charge in [-0.3, -0.25) is 0 Å². The number of carboxylic acids is 1. The van der Waals surface area contributed by atoms with Gasteiger partial charge in [0.15, 0.2) is 0 Å². The van der Waals surface area contributed by atoms with E-state index in [9.17, 15) is 4.79 Å². The zero-order chi connectivity index (χ0) is 10.6. The Morgan fingerprint density at radius 2 is 2.00 bits per heavy atom. The largest absolute Gasteiger partial charge is 0.478 e. The van der Waals surface area contributed by atoms with E-state index in [1.807, 2.05) is 31.2 Å². The highest BCUT2D eigenvalue weighted by molar-refractivity contribution is 6.20. The number of rotatable bonds is 3. The highest BCUT2D eigenvalue weighted by Crippen LogP contribution is 2.19. The van der Waals surface area contributed by atoms with Crippen LogP contribution in [-0.2, 0) is 4.79 Å². The first kappa shape index (κ1) is 10.8. The van der Waals surface area contributed by atoms with E-state index in [4.69, 9.17) is 16.7 Å². The maximum absolute atomic E-state index is 10.2. The molecular formula is C11H11ClO2. The van der Waals surface area contributed by atoms with Crippen molar-refractivity contribution in [3.63, 3.8) is 0 Å². The lowest BCUT2D eigenvalue weighted by Crippen LogP contribution is -1.86. The molecule has 0 saturated heterocycles. The van der Waals surface area contributed by atoms with Crippen molar-refractivity contribution < 1.29 is 9.90 Å². The first-order valence-electron chi connectivity index (χ1n) is 4.24. The standard InChI is InChI=1S/C11H11ClO2/c1-8(12)10-5-2-9(3-6-10)4-7-11(13)14/h2-8H,1H3,(H,13,14). The van der Waals surface area contributed by atoms with Crippen molar-refractivity contribution in [2.24, 2.45) is 0 Å². The molecule has 0 spiro atoms. The van der Waals surface area contributed by atoms with Crippen LogP contribution in [-0.4, -0.2) is 11.1 Å². The monoisotopic (exact) mass is 210 g/mol. The quantitative estimate of drug-likeness (QED) is 0.615. The summed E-state index contributed by atoms with van der Waals surface area (Å²) in [5, 5.41) is 8.39. The van der Waals surface area contributed by atoms with Crippen LogP contribution in [0.4, 0.5) is 0 Å². The van der Waals surface area contributed by atoms with Crippen molar-refractivity contribution in [1.82, 2.24) is 0 Å². The SMILES string of the molecule is CC(Cl)c1ccc(C=CC(=O)O)cc1. The predicted molar refractivity (Wildman–Crippen MR) is 57.4 cm³/mol. The molecule has 0 aliphatic heterocycles. The summed E-state index contributed by atoms with van der Waals surface area (Å²) in [5.74, 6) is -0.945. The highest BCUT2D eigenvalue weighted by atomic mass is 35.5. The number of benzene rings is 1. The Bertz CT molecular complexity index is 339. The number of aliphatic carboxylic acids is 1. The van der Waals surface area contributed by atoms with Gasteiger partial charge in [0.1, 0.15) is 0 Å². The van der Waals surface area contributed by atoms with Gasteiger partial charge in [0.05, 0.1) is 5.38 Å². The van der Waals surface area contributed by atoms with Crippen LogP contribution >= 0.6 is 11.6 Å². The second-order valence-corrected chi connectivity index (χ2v) is 3.61. The van der Waals surface area contributed by atoms with E-state index in [1.165, 1.54) is 0 Å². The molecule has 1 unspecified atom stereocenters. The molecule has 0 radical (unpaired) electrons. The first-order chi connectivity index (χ1) is 6.59. The molecule has 0 heterocycles. The van der Waals surface area contributed by atoms with Crippen LogP contribution in [0.5, 0.6) is 0 Å². The van der Waals surface area contributed by atoms with E-state index in [1.54, 1.807) is 6.08 Å². The predicted octanol–water partition coefficient (Wildman–Crippen LogP) is 3.08. The van der Waals surface area contributed by atoms with Crippen molar-refractivity contribution in [3.05, 3.63) is 41.5 Å². The van der Waals surface area contributed by atoms with Crippen molar-refractivity contribution in [2.75, 3.05) is 0 Å².